The first kappa shape index (κ1) is 17.6. The van der Waals surface area contributed by atoms with Crippen LogP contribution >= 0.6 is 11.6 Å². The Hall–Kier alpha value is -1.84. The van der Waals surface area contributed by atoms with Crippen molar-refractivity contribution in [3.05, 3.63) is 70.2 Å². The highest BCUT2D eigenvalue weighted by Gasteiger charge is 2.37. The van der Waals surface area contributed by atoms with Crippen LogP contribution in [0.1, 0.15) is 34.3 Å². The topological polar surface area (TPSA) is 23.6 Å². The summed E-state index contributed by atoms with van der Waals surface area (Å²) in [6.07, 6.45) is 2.33. The van der Waals surface area contributed by atoms with Crippen LogP contribution in [0.2, 0.25) is 5.02 Å². The molecule has 3 aliphatic rings. The second kappa shape index (κ2) is 7.42. The highest BCUT2D eigenvalue weighted by atomic mass is 35.5. The van der Waals surface area contributed by atoms with E-state index < -0.39 is 0 Å². The van der Waals surface area contributed by atoms with Gasteiger partial charge in [0.05, 0.1) is 0 Å². The monoisotopic (exact) mass is 368 g/mol. The molecule has 0 spiro atoms. The Balaban J connectivity index is 1.52. The van der Waals surface area contributed by atoms with Crippen LogP contribution in [0.5, 0.6) is 0 Å². The van der Waals surface area contributed by atoms with E-state index in [-0.39, 0.29) is 5.91 Å². The molecule has 3 saturated heterocycles. The molecule has 26 heavy (non-hydrogen) atoms. The summed E-state index contributed by atoms with van der Waals surface area (Å²) in [6.45, 7) is 5.85. The Bertz CT molecular complexity index is 792. The number of amides is 1. The zero-order chi connectivity index (χ0) is 18.1. The zero-order valence-corrected chi connectivity index (χ0v) is 16.0. The van der Waals surface area contributed by atoms with Crippen molar-refractivity contribution in [1.82, 2.24) is 9.80 Å². The van der Waals surface area contributed by atoms with Crippen molar-refractivity contribution in [1.29, 1.82) is 0 Å². The van der Waals surface area contributed by atoms with Crippen LogP contribution in [0, 0.1) is 12.8 Å². The second-order valence-electron chi connectivity index (χ2n) is 7.69. The van der Waals surface area contributed by atoms with E-state index in [2.05, 4.69) is 40.1 Å². The number of aryl methyl sites for hydroxylation is 1. The highest BCUT2D eigenvalue weighted by Crippen LogP contribution is 2.30. The number of fused-ring (bicyclic) bond motifs is 4. The third-order valence-electron chi connectivity index (χ3n) is 5.72. The number of carbonyl (C=O) groups is 1. The Morgan fingerprint density at radius 2 is 1.88 bits per heavy atom. The number of hydrogen-bond acceptors (Lipinski definition) is 2. The number of carbonyl (C=O) groups excluding carboxylic acids is 1. The number of nitrogens with zero attached hydrogens (tertiary/aromatic N) is 2. The molecule has 0 aliphatic carbocycles. The van der Waals surface area contributed by atoms with E-state index in [1.165, 1.54) is 12.0 Å². The Morgan fingerprint density at radius 1 is 1.08 bits per heavy atom. The second-order valence-corrected chi connectivity index (χ2v) is 8.13. The van der Waals surface area contributed by atoms with Gasteiger partial charge < -0.3 is 4.90 Å². The fourth-order valence-electron chi connectivity index (χ4n) is 4.42. The van der Waals surface area contributed by atoms with Crippen molar-refractivity contribution in [3.63, 3.8) is 0 Å². The summed E-state index contributed by atoms with van der Waals surface area (Å²) in [5.41, 5.74) is 3.10. The average molecular weight is 369 g/mol. The molecule has 0 radical (unpaired) electrons. The van der Waals surface area contributed by atoms with Gasteiger partial charge in [0.15, 0.2) is 0 Å². The Labute approximate surface area is 160 Å². The van der Waals surface area contributed by atoms with Crippen LogP contribution in [0.4, 0.5) is 0 Å². The quantitative estimate of drug-likeness (QED) is 0.802. The third kappa shape index (κ3) is 3.65. The minimum atomic E-state index is 0.162. The van der Waals surface area contributed by atoms with Crippen LogP contribution in [0.3, 0.4) is 0 Å². The van der Waals surface area contributed by atoms with Gasteiger partial charge in [-0.15, -0.1) is 0 Å². The van der Waals surface area contributed by atoms with Gasteiger partial charge in [0.1, 0.15) is 0 Å². The van der Waals surface area contributed by atoms with Crippen molar-refractivity contribution >= 4 is 17.5 Å². The molecule has 0 aromatic heterocycles. The molecule has 3 nitrogen and oxygen atoms in total. The fraction of sp³-hybridized carbons (Fsp3) is 0.409. The van der Waals surface area contributed by atoms with Gasteiger partial charge in [0, 0.05) is 42.8 Å². The largest absolute Gasteiger partial charge is 0.334 e. The van der Waals surface area contributed by atoms with Gasteiger partial charge in [-0.25, -0.2) is 0 Å². The number of halogens is 1. The van der Waals surface area contributed by atoms with E-state index in [1.54, 1.807) is 0 Å². The standard InChI is InChI=1S/C22H25ClN2O/c1-16-11-19(23)8-10-21(16)22(26)25-14-18-7-9-20(25)15-24(13-18)12-17-5-3-2-4-6-17/h2-6,8,10-11,18,20H,7,9,12-15H2,1H3/t18-,20+/m0/s1. The first-order chi connectivity index (χ1) is 12.6. The summed E-state index contributed by atoms with van der Waals surface area (Å²) < 4.78 is 0. The molecule has 2 bridgehead atoms. The molecule has 1 amide bonds. The molecule has 0 saturated carbocycles. The predicted molar refractivity (Wildman–Crippen MR) is 105 cm³/mol. The molecule has 5 rings (SSSR count). The van der Waals surface area contributed by atoms with Gasteiger partial charge in [-0.2, -0.15) is 0 Å². The number of rotatable bonds is 3. The summed E-state index contributed by atoms with van der Waals surface area (Å²) in [5.74, 6) is 0.726. The van der Waals surface area contributed by atoms with E-state index in [4.69, 9.17) is 11.6 Å². The summed E-state index contributed by atoms with van der Waals surface area (Å²) in [7, 11) is 0. The molecule has 3 aliphatic heterocycles. The minimum Gasteiger partial charge on any atom is -0.334 e. The zero-order valence-electron chi connectivity index (χ0n) is 15.2. The van der Waals surface area contributed by atoms with Crippen molar-refractivity contribution in [2.45, 2.75) is 32.4 Å². The maximum absolute atomic E-state index is 13.2. The summed E-state index contributed by atoms with van der Waals surface area (Å²) in [4.78, 5) is 17.9. The Kier molecular flexibility index (Phi) is 5.01. The molecule has 2 aromatic carbocycles. The lowest BCUT2D eigenvalue weighted by Crippen LogP contribution is -2.47. The number of hydrogen-bond donors (Lipinski definition) is 0. The van der Waals surface area contributed by atoms with E-state index in [0.717, 1.165) is 43.7 Å². The number of piperidine rings is 1. The Morgan fingerprint density at radius 3 is 2.65 bits per heavy atom. The van der Waals surface area contributed by atoms with Gasteiger partial charge in [-0.3, -0.25) is 9.69 Å². The smallest absolute Gasteiger partial charge is 0.254 e. The van der Waals surface area contributed by atoms with Gasteiger partial charge in [0.25, 0.3) is 5.91 Å². The van der Waals surface area contributed by atoms with Crippen LogP contribution in [0.15, 0.2) is 48.5 Å². The third-order valence-corrected chi connectivity index (χ3v) is 5.95. The van der Waals surface area contributed by atoms with Crippen LogP contribution < -0.4 is 0 Å². The highest BCUT2D eigenvalue weighted by molar-refractivity contribution is 6.30. The summed E-state index contributed by atoms with van der Waals surface area (Å²) in [6, 6.07) is 16.5. The van der Waals surface area contributed by atoms with Crippen molar-refractivity contribution in [2.24, 2.45) is 5.92 Å². The van der Waals surface area contributed by atoms with E-state index >= 15 is 0 Å². The molecule has 2 aromatic rings. The van der Waals surface area contributed by atoms with Crippen LogP contribution in [-0.2, 0) is 6.54 Å². The SMILES string of the molecule is Cc1cc(Cl)ccc1C(=O)N1C[C@H]2CC[C@@H]1CN(Cc1ccccc1)C2. The lowest BCUT2D eigenvalue weighted by molar-refractivity contribution is 0.0584. The normalized spacial score (nSPS) is 23.1. The average Bonchev–Trinajstić information content (AvgIpc) is 2.92. The molecule has 4 heteroatoms. The molecule has 3 fully saturated rings. The fourth-order valence-corrected chi connectivity index (χ4v) is 4.65. The minimum absolute atomic E-state index is 0.162. The lowest BCUT2D eigenvalue weighted by atomic mass is 9.94. The van der Waals surface area contributed by atoms with E-state index in [9.17, 15) is 4.79 Å². The van der Waals surface area contributed by atoms with E-state index in [1.807, 2.05) is 25.1 Å². The van der Waals surface area contributed by atoms with Crippen molar-refractivity contribution < 1.29 is 4.79 Å². The molecule has 0 unspecified atom stereocenters. The molecule has 136 valence electrons. The van der Waals surface area contributed by atoms with Crippen molar-refractivity contribution in [3.8, 4) is 0 Å². The number of benzene rings is 2. The van der Waals surface area contributed by atoms with Crippen molar-refractivity contribution in [2.75, 3.05) is 19.6 Å². The van der Waals surface area contributed by atoms with Crippen LogP contribution in [0.25, 0.3) is 0 Å². The summed E-state index contributed by atoms with van der Waals surface area (Å²) >= 11 is 6.06. The van der Waals surface area contributed by atoms with Crippen LogP contribution in [-0.4, -0.2) is 41.4 Å². The van der Waals surface area contributed by atoms with Gasteiger partial charge in [-0.05, 0) is 55.0 Å². The van der Waals surface area contributed by atoms with Gasteiger partial charge in [-0.1, -0.05) is 41.9 Å². The van der Waals surface area contributed by atoms with Gasteiger partial charge >= 0.3 is 0 Å². The molecular formula is C22H25ClN2O. The predicted octanol–water partition coefficient (Wildman–Crippen LogP) is 4.39. The van der Waals surface area contributed by atoms with Gasteiger partial charge in [0.2, 0.25) is 0 Å². The van der Waals surface area contributed by atoms with E-state index in [0.29, 0.717) is 17.0 Å². The summed E-state index contributed by atoms with van der Waals surface area (Å²) in [5, 5.41) is 0.686. The molecule has 3 heterocycles. The first-order valence-electron chi connectivity index (χ1n) is 9.43. The maximum atomic E-state index is 13.2. The maximum Gasteiger partial charge on any atom is 0.254 e. The first-order valence-corrected chi connectivity index (χ1v) is 9.81. The molecule has 2 atom stereocenters. The lowest BCUT2D eigenvalue weighted by Gasteiger charge is -2.36. The molecular weight excluding hydrogens is 344 g/mol. The molecule has 0 N–H and O–H groups in total.